The Bertz CT molecular complexity index is 460. The number of aliphatic hydroxyl groups excluding tert-OH is 1. The van der Waals surface area contributed by atoms with Gasteiger partial charge in [-0.2, -0.15) is 0 Å². The lowest BCUT2D eigenvalue weighted by Gasteiger charge is -2.30. The van der Waals surface area contributed by atoms with Crippen molar-refractivity contribution < 1.29 is 10.3 Å². The molecule has 0 bridgehead atoms. The Labute approximate surface area is 126 Å². The molecule has 0 aliphatic rings. The molecule has 0 spiro atoms. The van der Waals surface area contributed by atoms with Crippen LogP contribution in [0.3, 0.4) is 0 Å². The number of aliphatic hydroxyl groups is 1. The molecule has 0 aliphatic carbocycles. The molecule has 5 N–H and O–H groups in total. The molecular formula is C16H27N3O2. The van der Waals surface area contributed by atoms with Crippen LogP contribution < -0.4 is 11.1 Å². The Balaban J connectivity index is 2.54. The van der Waals surface area contributed by atoms with Gasteiger partial charge in [0.05, 0.1) is 12.1 Å². The van der Waals surface area contributed by atoms with E-state index in [9.17, 15) is 5.11 Å². The maximum absolute atomic E-state index is 9.69. The fourth-order valence-corrected chi connectivity index (χ4v) is 2.21. The van der Waals surface area contributed by atoms with E-state index in [1.54, 1.807) is 0 Å². The molecule has 1 aromatic carbocycles. The Kier molecular flexibility index (Phi) is 6.18. The molecule has 5 nitrogen and oxygen atoms in total. The number of hydrogen-bond donors (Lipinski definition) is 4. The molecule has 1 aromatic rings. The highest BCUT2D eigenvalue weighted by atomic mass is 16.4. The summed E-state index contributed by atoms with van der Waals surface area (Å²) >= 11 is 0. The molecule has 0 saturated carbocycles. The number of hydrogen-bond acceptors (Lipinski definition) is 4. The fourth-order valence-electron chi connectivity index (χ4n) is 2.21. The third kappa shape index (κ3) is 4.72. The summed E-state index contributed by atoms with van der Waals surface area (Å²) in [4.78, 5) is 0. The second kappa shape index (κ2) is 7.43. The van der Waals surface area contributed by atoms with Crippen LogP contribution in [0.2, 0.25) is 0 Å². The van der Waals surface area contributed by atoms with Crippen LogP contribution >= 0.6 is 0 Å². The molecule has 5 heteroatoms. The summed E-state index contributed by atoms with van der Waals surface area (Å²) < 4.78 is 0. The average Bonchev–Trinajstić information content (AvgIpc) is 2.51. The van der Waals surface area contributed by atoms with Gasteiger partial charge in [0.1, 0.15) is 5.84 Å². The zero-order valence-electron chi connectivity index (χ0n) is 13.1. The summed E-state index contributed by atoms with van der Waals surface area (Å²) in [5, 5.41) is 24.9. The zero-order chi connectivity index (χ0) is 15.9. The second-order valence-electron chi connectivity index (χ2n) is 6.26. The summed E-state index contributed by atoms with van der Waals surface area (Å²) in [6.45, 7) is 6.65. The third-order valence-corrected chi connectivity index (χ3v) is 4.02. The number of amidine groups is 1. The van der Waals surface area contributed by atoms with Crippen molar-refractivity contribution in [1.82, 2.24) is 5.32 Å². The number of nitrogens with one attached hydrogen (secondary N) is 1. The normalized spacial score (nSPS) is 15.7. The van der Waals surface area contributed by atoms with Crippen LogP contribution in [0.1, 0.15) is 39.2 Å². The van der Waals surface area contributed by atoms with Gasteiger partial charge >= 0.3 is 0 Å². The smallest absolute Gasteiger partial charge is 0.144 e. The van der Waals surface area contributed by atoms with E-state index in [0.717, 1.165) is 24.9 Å². The van der Waals surface area contributed by atoms with Crippen LogP contribution in [0.4, 0.5) is 0 Å². The van der Waals surface area contributed by atoms with Gasteiger partial charge in [0, 0.05) is 5.41 Å². The number of rotatable bonds is 8. The summed E-state index contributed by atoms with van der Waals surface area (Å²) in [5.41, 5.74) is 5.94. The standard InChI is InChI=1S/C16H27N3O2/c1-15(2,14(17)19-21)10-7-11-18-16(3,12-20)13-8-5-4-6-9-13/h4-6,8-9,18,20-21H,7,10-12H2,1-3H3,(H2,17,19). The van der Waals surface area contributed by atoms with Gasteiger partial charge in [0.15, 0.2) is 0 Å². The first-order chi connectivity index (χ1) is 9.85. The van der Waals surface area contributed by atoms with E-state index >= 15 is 0 Å². The Morgan fingerprint density at radius 2 is 1.86 bits per heavy atom. The molecule has 118 valence electrons. The molecular weight excluding hydrogens is 266 g/mol. The molecule has 0 heterocycles. The predicted octanol–water partition coefficient (Wildman–Crippen LogP) is 2.04. The maximum Gasteiger partial charge on any atom is 0.144 e. The van der Waals surface area contributed by atoms with Crippen LogP contribution in [-0.4, -0.2) is 29.3 Å². The minimum absolute atomic E-state index is 0.0284. The van der Waals surface area contributed by atoms with Gasteiger partial charge in [0.2, 0.25) is 0 Å². The Morgan fingerprint density at radius 1 is 1.24 bits per heavy atom. The van der Waals surface area contributed by atoms with E-state index in [1.165, 1.54) is 0 Å². The van der Waals surface area contributed by atoms with Crippen molar-refractivity contribution in [3.05, 3.63) is 35.9 Å². The van der Waals surface area contributed by atoms with Crippen molar-refractivity contribution in [3.8, 4) is 0 Å². The molecule has 0 saturated heterocycles. The predicted molar refractivity (Wildman–Crippen MR) is 85.3 cm³/mol. The van der Waals surface area contributed by atoms with Gasteiger partial charge in [-0.25, -0.2) is 0 Å². The van der Waals surface area contributed by atoms with Crippen LogP contribution in [-0.2, 0) is 5.54 Å². The third-order valence-electron chi connectivity index (χ3n) is 4.02. The molecule has 0 fully saturated rings. The van der Waals surface area contributed by atoms with Gasteiger partial charge in [-0.3, -0.25) is 0 Å². The van der Waals surface area contributed by atoms with Crippen LogP contribution in [0.25, 0.3) is 0 Å². The van der Waals surface area contributed by atoms with E-state index in [2.05, 4.69) is 10.5 Å². The van der Waals surface area contributed by atoms with Crippen molar-refractivity contribution >= 4 is 5.84 Å². The highest BCUT2D eigenvalue weighted by Crippen LogP contribution is 2.23. The van der Waals surface area contributed by atoms with Gasteiger partial charge in [-0.1, -0.05) is 49.3 Å². The summed E-state index contributed by atoms with van der Waals surface area (Å²) in [7, 11) is 0. The van der Waals surface area contributed by atoms with E-state index in [4.69, 9.17) is 10.9 Å². The fraction of sp³-hybridized carbons (Fsp3) is 0.562. The quantitative estimate of drug-likeness (QED) is 0.194. The van der Waals surface area contributed by atoms with Gasteiger partial charge in [0.25, 0.3) is 0 Å². The number of oxime groups is 1. The molecule has 1 rings (SSSR count). The molecule has 0 aliphatic heterocycles. The monoisotopic (exact) mass is 293 g/mol. The van der Waals surface area contributed by atoms with E-state index in [0.29, 0.717) is 0 Å². The Hall–Kier alpha value is -1.59. The molecule has 0 radical (unpaired) electrons. The van der Waals surface area contributed by atoms with Crippen molar-refractivity contribution in [2.75, 3.05) is 13.2 Å². The Morgan fingerprint density at radius 3 is 2.38 bits per heavy atom. The maximum atomic E-state index is 9.69. The summed E-state index contributed by atoms with van der Waals surface area (Å²) in [5.74, 6) is 0.246. The SMILES string of the molecule is CC(C)(CCCNC(C)(CO)c1ccccc1)/C(N)=N/O. The second-order valence-corrected chi connectivity index (χ2v) is 6.26. The van der Waals surface area contributed by atoms with Crippen molar-refractivity contribution in [1.29, 1.82) is 0 Å². The first-order valence-electron chi connectivity index (χ1n) is 7.25. The summed E-state index contributed by atoms with van der Waals surface area (Å²) in [6.07, 6.45) is 1.66. The van der Waals surface area contributed by atoms with Gasteiger partial charge < -0.3 is 21.4 Å². The number of nitrogens with zero attached hydrogens (tertiary/aromatic N) is 1. The first-order valence-corrected chi connectivity index (χ1v) is 7.25. The number of benzene rings is 1. The van der Waals surface area contributed by atoms with Crippen molar-refractivity contribution in [3.63, 3.8) is 0 Å². The molecule has 0 aromatic heterocycles. The lowest BCUT2D eigenvalue weighted by atomic mass is 9.86. The highest BCUT2D eigenvalue weighted by molar-refractivity contribution is 5.85. The molecule has 1 unspecified atom stereocenters. The average molecular weight is 293 g/mol. The van der Waals surface area contributed by atoms with E-state index in [1.807, 2.05) is 51.1 Å². The zero-order valence-corrected chi connectivity index (χ0v) is 13.1. The topological polar surface area (TPSA) is 90.9 Å². The largest absolute Gasteiger partial charge is 0.409 e. The minimum atomic E-state index is -0.456. The van der Waals surface area contributed by atoms with E-state index in [-0.39, 0.29) is 17.9 Å². The van der Waals surface area contributed by atoms with Crippen LogP contribution in [0.5, 0.6) is 0 Å². The van der Waals surface area contributed by atoms with Crippen molar-refractivity contribution in [2.45, 2.75) is 39.2 Å². The molecule has 0 amide bonds. The van der Waals surface area contributed by atoms with Gasteiger partial charge in [-0.05, 0) is 31.9 Å². The number of nitrogens with two attached hydrogens (primary N) is 1. The highest BCUT2D eigenvalue weighted by Gasteiger charge is 2.26. The van der Waals surface area contributed by atoms with Crippen molar-refractivity contribution in [2.24, 2.45) is 16.3 Å². The lowest BCUT2D eigenvalue weighted by Crippen LogP contribution is -2.43. The lowest BCUT2D eigenvalue weighted by molar-refractivity contribution is 0.173. The first kappa shape index (κ1) is 17.5. The van der Waals surface area contributed by atoms with Crippen LogP contribution in [0.15, 0.2) is 35.5 Å². The molecule has 1 atom stereocenters. The minimum Gasteiger partial charge on any atom is -0.409 e. The van der Waals surface area contributed by atoms with Crippen LogP contribution in [0, 0.1) is 5.41 Å². The molecule has 21 heavy (non-hydrogen) atoms. The van der Waals surface area contributed by atoms with E-state index < -0.39 is 5.54 Å². The summed E-state index contributed by atoms with van der Waals surface area (Å²) in [6, 6.07) is 9.90. The van der Waals surface area contributed by atoms with Gasteiger partial charge in [-0.15, -0.1) is 0 Å².